The fourth-order valence-corrected chi connectivity index (χ4v) is 1.79. The number of nitrogens with one attached hydrogen (secondary N) is 1. The van der Waals surface area contributed by atoms with Gasteiger partial charge in [-0.05, 0) is 18.8 Å². The monoisotopic (exact) mass is 273 g/mol. The molecule has 0 radical (unpaired) electrons. The molecule has 1 saturated heterocycles. The van der Waals surface area contributed by atoms with E-state index in [0.29, 0.717) is 19.4 Å². The summed E-state index contributed by atoms with van der Waals surface area (Å²) in [5.74, 6) is -1.30. The molecule has 0 aromatic heterocycles. The van der Waals surface area contributed by atoms with Crippen LogP contribution in [-0.2, 0) is 14.2 Å². The van der Waals surface area contributed by atoms with E-state index in [-0.39, 0.29) is 12.3 Å². The summed E-state index contributed by atoms with van der Waals surface area (Å²) in [7, 11) is -1.20. The molecule has 3 N–H and O–H groups in total. The smallest absolute Gasteiger partial charge is 0.478 e. The van der Waals surface area contributed by atoms with E-state index in [2.05, 4.69) is 5.32 Å². The van der Waals surface area contributed by atoms with Crippen molar-refractivity contribution in [2.24, 2.45) is 5.92 Å². The van der Waals surface area contributed by atoms with Crippen LogP contribution in [0.15, 0.2) is 0 Å². The van der Waals surface area contributed by atoms with Crippen LogP contribution < -0.4 is 5.32 Å². The lowest BCUT2D eigenvalue weighted by atomic mass is 9.72. The summed E-state index contributed by atoms with van der Waals surface area (Å²) in [5.41, 5.74) is 0. The lowest BCUT2D eigenvalue weighted by molar-refractivity contribution is -0.139. The molecule has 0 aromatic carbocycles. The molecule has 1 aliphatic rings. The highest BCUT2D eigenvalue weighted by molar-refractivity contribution is 6.45. The summed E-state index contributed by atoms with van der Waals surface area (Å²) >= 11 is 0. The van der Waals surface area contributed by atoms with Crippen molar-refractivity contribution < 1.29 is 29.1 Å². The minimum Gasteiger partial charge on any atom is -0.481 e. The number of aliphatic carboxylic acids is 1. The van der Waals surface area contributed by atoms with Gasteiger partial charge in [-0.1, -0.05) is 13.8 Å². The van der Waals surface area contributed by atoms with Crippen LogP contribution in [0.1, 0.15) is 33.1 Å². The van der Waals surface area contributed by atoms with Crippen LogP contribution in [0.5, 0.6) is 0 Å². The van der Waals surface area contributed by atoms with Crippen molar-refractivity contribution in [3.63, 3.8) is 0 Å². The molecule has 108 valence electrons. The molecule has 1 aliphatic heterocycles. The highest BCUT2D eigenvalue weighted by Crippen LogP contribution is 2.18. The summed E-state index contributed by atoms with van der Waals surface area (Å²) in [5, 5.41) is 20.8. The Labute approximate surface area is 112 Å². The minimum absolute atomic E-state index is 0.151. The van der Waals surface area contributed by atoms with Gasteiger partial charge in [0, 0.05) is 0 Å². The topological polar surface area (TPSA) is 105 Å². The third-order valence-electron chi connectivity index (χ3n) is 2.73. The Hall–Kier alpha value is -1.28. The maximum atomic E-state index is 11.4. The standard InChI is InChI=1S/C11H20BNO6/c1-7(2)6-18-11(16)13-9-4-3-8(5-10(14)15)19-12(9)17/h7-9,17H,3-6H2,1-2H3,(H,13,16)(H,14,15)/t8-,9-/m0/s1. The number of carboxylic acids is 1. The number of carbonyl (C=O) groups is 2. The third-order valence-corrected chi connectivity index (χ3v) is 2.73. The Kier molecular flexibility index (Phi) is 6.10. The SMILES string of the molecule is CC(C)COC(=O)N[C@H]1CC[C@@H](CC(=O)O)OB1O. The predicted octanol–water partition coefficient (Wildman–Crippen LogP) is 0.411. The van der Waals surface area contributed by atoms with Crippen LogP contribution in [0.25, 0.3) is 0 Å². The molecule has 0 aromatic rings. The molecule has 0 aliphatic carbocycles. The van der Waals surface area contributed by atoms with E-state index >= 15 is 0 Å². The van der Waals surface area contributed by atoms with Crippen molar-refractivity contribution >= 4 is 19.2 Å². The molecule has 19 heavy (non-hydrogen) atoms. The number of hydrogen-bond donors (Lipinski definition) is 3. The molecule has 1 heterocycles. The molecule has 0 saturated carbocycles. The first-order chi connectivity index (χ1) is 8.88. The molecule has 1 rings (SSSR count). The zero-order valence-electron chi connectivity index (χ0n) is 11.2. The predicted molar refractivity (Wildman–Crippen MR) is 67.4 cm³/mol. The van der Waals surface area contributed by atoms with Gasteiger partial charge in [-0.25, -0.2) is 4.79 Å². The quantitative estimate of drug-likeness (QED) is 0.626. The fraction of sp³-hybridized carbons (Fsp3) is 0.818. The summed E-state index contributed by atoms with van der Waals surface area (Å²) in [6.07, 6.45) is -0.342. The van der Waals surface area contributed by atoms with Gasteiger partial charge in [-0.3, -0.25) is 4.79 Å². The summed E-state index contributed by atoms with van der Waals surface area (Å²) in [6.45, 7) is 4.14. The first-order valence-corrected chi connectivity index (χ1v) is 6.37. The summed E-state index contributed by atoms with van der Waals surface area (Å²) in [4.78, 5) is 22.0. The van der Waals surface area contributed by atoms with E-state index in [1.54, 1.807) is 0 Å². The Morgan fingerprint density at radius 2 is 2.16 bits per heavy atom. The molecule has 1 amide bonds. The number of amides is 1. The second-order valence-electron chi connectivity index (χ2n) is 5.07. The Bertz CT molecular complexity index is 324. The van der Waals surface area contributed by atoms with Crippen LogP contribution in [-0.4, -0.2) is 48.0 Å². The number of ether oxygens (including phenoxy) is 1. The number of hydrogen-bond acceptors (Lipinski definition) is 5. The van der Waals surface area contributed by atoms with Crippen molar-refractivity contribution in [3.05, 3.63) is 0 Å². The molecule has 0 spiro atoms. The third kappa shape index (κ3) is 5.93. The van der Waals surface area contributed by atoms with Gasteiger partial charge in [-0.2, -0.15) is 0 Å². The minimum atomic E-state index is -1.20. The normalized spacial score (nSPS) is 23.3. The number of carboxylic acid groups (broad SMARTS) is 1. The van der Waals surface area contributed by atoms with Gasteiger partial charge < -0.3 is 24.8 Å². The number of alkyl carbamates (subject to hydrolysis) is 1. The maximum Gasteiger partial charge on any atom is 0.478 e. The zero-order valence-corrected chi connectivity index (χ0v) is 11.2. The van der Waals surface area contributed by atoms with E-state index in [0.717, 1.165) is 0 Å². The highest BCUT2D eigenvalue weighted by Gasteiger charge is 2.37. The van der Waals surface area contributed by atoms with Crippen molar-refractivity contribution in [1.82, 2.24) is 5.32 Å². The van der Waals surface area contributed by atoms with E-state index in [1.807, 2.05) is 13.8 Å². The van der Waals surface area contributed by atoms with Crippen molar-refractivity contribution in [1.29, 1.82) is 0 Å². The molecule has 1 fully saturated rings. The van der Waals surface area contributed by atoms with Gasteiger partial charge in [-0.15, -0.1) is 0 Å². The first-order valence-electron chi connectivity index (χ1n) is 6.37. The van der Waals surface area contributed by atoms with E-state index in [4.69, 9.17) is 14.5 Å². The van der Waals surface area contributed by atoms with Gasteiger partial charge in [0.25, 0.3) is 0 Å². The second-order valence-corrected chi connectivity index (χ2v) is 5.07. The molecular formula is C11H20BNO6. The molecule has 8 heteroatoms. The fourth-order valence-electron chi connectivity index (χ4n) is 1.79. The Morgan fingerprint density at radius 1 is 1.47 bits per heavy atom. The van der Waals surface area contributed by atoms with Crippen LogP contribution in [0.3, 0.4) is 0 Å². The van der Waals surface area contributed by atoms with Gasteiger partial charge in [0.15, 0.2) is 0 Å². The van der Waals surface area contributed by atoms with Gasteiger partial charge >= 0.3 is 19.2 Å². The Balaban J connectivity index is 2.33. The van der Waals surface area contributed by atoms with E-state index in [1.165, 1.54) is 0 Å². The molecule has 0 unspecified atom stereocenters. The molecule has 0 bridgehead atoms. The first kappa shape index (κ1) is 15.8. The second kappa shape index (κ2) is 7.35. The van der Waals surface area contributed by atoms with E-state index < -0.39 is 31.2 Å². The molecule has 2 atom stereocenters. The molecule has 7 nitrogen and oxygen atoms in total. The summed E-state index contributed by atoms with van der Waals surface area (Å²) in [6, 6.07) is 0. The summed E-state index contributed by atoms with van der Waals surface area (Å²) < 4.78 is 10.1. The highest BCUT2D eigenvalue weighted by atomic mass is 16.6. The van der Waals surface area contributed by atoms with Crippen molar-refractivity contribution in [3.8, 4) is 0 Å². The van der Waals surface area contributed by atoms with Gasteiger partial charge in [0.05, 0.1) is 25.1 Å². The van der Waals surface area contributed by atoms with Crippen LogP contribution in [0, 0.1) is 5.92 Å². The number of carbonyl (C=O) groups excluding carboxylic acids is 1. The van der Waals surface area contributed by atoms with Gasteiger partial charge in [0.2, 0.25) is 0 Å². The van der Waals surface area contributed by atoms with Crippen LogP contribution >= 0.6 is 0 Å². The average Bonchev–Trinajstić information content (AvgIpc) is 2.29. The van der Waals surface area contributed by atoms with Crippen molar-refractivity contribution in [2.45, 2.75) is 45.2 Å². The van der Waals surface area contributed by atoms with Crippen LogP contribution in [0.4, 0.5) is 4.79 Å². The number of rotatable bonds is 5. The maximum absolute atomic E-state index is 11.4. The largest absolute Gasteiger partial charge is 0.481 e. The van der Waals surface area contributed by atoms with Crippen LogP contribution in [0.2, 0.25) is 0 Å². The lowest BCUT2D eigenvalue weighted by Crippen LogP contribution is -2.53. The van der Waals surface area contributed by atoms with Gasteiger partial charge in [0.1, 0.15) is 0 Å². The van der Waals surface area contributed by atoms with E-state index in [9.17, 15) is 14.6 Å². The zero-order chi connectivity index (χ0) is 14.4. The average molecular weight is 273 g/mol. The Morgan fingerprint density at radius 3 is 2.68 bits per heavy atom. The molecular weight excluding hydrogens is 253 g/mol. The van der Waals surface area contributed by atoms with Crippen molar-refractivity contribution in [2.75, 3.05) is 6.61 Å². The lowest BCUT2D eigenvalue weighted by Gasteiger charge is -2.30.